The van der Waals surface area contributed by atoms with Crippen molar-refractivity contribution >= 4 is 17.5 Å². The quantitative estimate of drug-likeness (QED) is 0.284. The zero-order chi connectivity index (χ0) is 32.3. The second-order valence-electron chi connectivity index (χ2n) is 12.5. The van der Waals surface area contributed by atoms with Gasteiger partial charge in [0.15, 0.2) is 5.65 Å². The molecule has 0 bridgehead atoms. The number of aromatic nitrogens is 6. The molecule has 0 aliphatic heterocycles. The van der Waals surface area contributed by atoms with Crippen LogP contribution in [0.1, 0.15) is 97.2 Å². The molecule has 2 amide bonds. The zero-order valence-electron chi connectivity index (χ0n) is 23.9. The van der Waals surface area contributed by atoms with Crippen LogP contribution in [0.25, 0.3) is 5.65 Å². The summed E-state index contributed by atoms with van der Waals surface area (Å²) in [7, 11) is 0. The summed E-state index contributed by atoms with van der Waals surface area (Å²) in [5.41, 5.74) is 6.69. The largest absolute Gasteiger partial charge is 0.389 e. The summed E-state index contributed by atoms with van der Waals surface area (Å²) in [6, 6.07) is 1.05. The number of imidazole rings is 1. The van der Waals surface area contributed by atoms with Gasteiger partial charge >= 0.3 is 6.18 Å². The van der Waals surface area contributed by atoms with Gasteiger partial charge in [-0.25, -0.2) is 31.7 Å². The number of primary amides is 1. The number of carbonyl (C=O) groups excluding carboxylic acids is 2. The highest BCUT2D eigenvalue weighted by atomic mass is 19.4. The fourth-order valence-electron chi connectivity index (χ4n) is 6.23. The van der Waals surface area contributed by atoms with Crippen LogP contribution in [-0.4, -0.2) is 59.4 Å². The van der Waals surface area contributed by atoms with E-state index in [2.05, 4.69) is 25.7 Å². The molecular formula is C28H31F7N8O2. The number of halogens is 7. The van der Waals surface area contributed by atoms with Crippen molar-refractivity contribution in [2.24, 2.45) is 23.5 Å². The highest BCUT2D eigenvalue weighted by Crippen LogP contribution is 2.50. The Bertz CT molecular complexity index is 1590. The maximum atomic E-state index is 14.1. The molecule has 244 valence electrons. The molecule has 0 aromatic carbocycles. The number of fused-ring (bicyclic) bond motifs is 1. The molecule has 0 saturated heterocycles. The van der Waals surface area contributed by atoms with Crippen molar-refractivity contribution in [1.82, 2.24) is 34.9 Å². The Kier molecular flexibility index (Phi) is 7.78. The Morgan fingerprint density at radius 3 is 2.38 bits per heavy atom. The first-order valence-electron chi connectivity index (χ1n) is 14.8. The molecule has 10 nitrogen and oxygen atoms in total. The molecule has 3 N–H and O–H groups in total. The fourth-order valence-corrected chi connectivity index (χ4v) is 6.23. The second-order valence-corrected chi connectivity index (χ2v) is 12.5. The van der Waals surface area contributed by atoms with E-state index < -0.39 is 79.3 Å². The SMILES string of the molecule is NC(=O)c1c([C@H](c2cn3ncc([C@H](NC(=O)CCC(F)(F)F)C4CC4)cc3n2)C2CCC(F)(F)CC2)nnn1CC1CC1(F)F. The van der Waals surface area contributed by atoms with E-state index in [-0.39, 0.29) is 43.1 Å². The Morgan fingerprint density at radius 2 is 1.78 bits per heavy atom. The third kappa shape index (κ3) is 6.90. The van der Waals surface area contributed by atoms with E-state index in [0.717, 1.165) is 17.5 Å². The first-order valence-corrected chi connectivity index (χ1v) is 14.8. The molecule has 3 heterocycles. The predicted octanol–water partition coefficient (Wildman–Crippen LogP) is 4.94. The van der Waals surface area contributed by atoms with Crippen LogP contribution in [0.4, 0.5) is 30.7 Å². The predicted molar refractivity (Wildman–Crippen MR) is 142 cm³/mol. The Morgan fingerprint density at radius 1 is 1.09 bits per heavy atom. The molecule has 17 heteroatoms. The van der Waals surface area contributed by atoms with Gasteiger partial charge in [-0.2, -0.15) is 18.3 Å². The van der Waals surface area contributed by atoms with E-state index >= 15 is 0 Å². The van der Waals surface area contributed by atoms with Crippen molar-refractivity contribution in [3.8, 4) is 0 Å². The van der Waals surface area contributed by atoms with Gasteiger partial charge in [-0.3, -0.25) is 9.59 Å². The van der Waals surface area contributed by atoms with Crippen LogP contribution in [-0.2, 0) is 11.3 Å². The molecular weight excluding hydrogens is 613 g/mol. The van der Waals surface area contributed by atoms with Crippen molar-refractivity contribution in [2.75, 3.05) is 0 Å². The number of alkyl halides is 7. The van der Waals surface area contributed by atoms with Crippen LogP contribution in [0, 0.1) is 17.8 Å². The van der Waals surface area contributed by atoms with Crippen LogP contribution in [0.15, 0.2) is 18.5 Å². The Labute approximate surface area is 251 Å². The standard InChI is InChI=1S/C28H31F7N8O2/c29-26(30)6-3-14(4-7-26)21(23-24(25(36)45)43(41-40-23)12-17-10-27(17,31)32)18-13-42-19(38-18)9-16(11-37-42)22(15-1-2-15)39-20(44)5-8-28(33,34)35/h9,11,13-15,17,21-22H,1-8,10,12H2,(H2,36,45)(H,39,44)/t17?,21-,22+/m0/s1. The zero-order valence-corrected chi connectivity index (χ0v) is 23.9. The smallest absolute Gasteiger partial charge is 0.364 e. The van der Waals surface area contributed by atoms with E-state index in [1.54, 1.807) is 12.3 Å². The molecule has 3 aliphatic rings. The molecule has 3 saturated carbocycles. The molecule has 0 spiro atoms. The highest BCUT2D eigenvalue weighted by molar-refractivity contribution is 5.92. The summed E-state index contributed by atoms with van der Waals surface area (Å²) >= 11 is 0. The summed E-state index contributed by atoms with van der Waals surface area (Å²) in [6.45, 7) is -0.291. The molecule has 3 aromatic heterocycles. The topological polar surface area (TPSA) is 133 Å². The molecule has 3 aromatic rings. The van der Waals surface area contributed by atoms with Gasteiger partial charge in [0.1, 0.15) is 11.4 Å². The van der Waals surface area contributed by atoms with Crippen LogP contribution in [0.2, 0.25) is 0 Å². The van der Waals surface area contributed by atoms with Gasteiger partial charge in [0.05, 0.1) is 43.0 Å². The van der Waals surface area contributed by atoms with Gasteiger partial charge < -0.3 is 11.1 Å². The summed E-state index contributed by atoms with van der Waals surface area (Å²) in [4.78, 5) is 29.6. The molecule has 6 rings (SSSR count). The maximum absolute atomic E-state index is 14.1. The summed E-state index contributed by atoms with van der Waals surface area (Å²) in [5.74, 6) is -9.78. The summed E-state index contributed by atoms with van der Waals surface area (Å²) in [5, 5.41) is 15.2. The Balaban J connectivity index is 1.33. The third-order valence-electron chi connectivity index (χ3n) is 8.95. The molecule has 0 radical (unpaired) electrons. The highest BCUT2D eigenvalue weighted by Gasteiger charge is 2.57. The third-order valence-corrected chi connectivity index (χ3v) is 8.95. The van der Waals surface area contributed by atoms with Gasteiger partial charge in [-0.15, -0.1) is 5.10 Å². The molecule has 1 unspecified atom stereocenters. The lowest BCUT2D eigenvalue weighted by atomic mass is 9.75. The number of hydrogen-bond donors (Lipinski definition) is 2. The monoisotopic (exact) mass is 644 g/mol. The summed E-state index contributed by atoms with van der Waals surface area (Å²) in [6.07, 6.45) is -2.93. The normalized spacial score (nSPS) is 22.7. The van der Waals surface area contributed by atoms with Crippen LogP contribution in [0.3, 0.4) is 0 Å². The lowest BCUT2D eigenvalue weighted by Crippen LogP contribution is -2.30. The number of rotatable bonds is 11. The van der Waals surface area contributed by atoms with Gasteiger partial charge in [-0.1, -0.05) is 5.21 Å². The average Bonchev–Trinajstić information content (AvgIpc) is 3.78. The van der Waals surface area contributed by atoms with Crippen molar-refractivity contribution in [2.45, 2.75) is 94.3 Å². The second kappa shape index (κ2) is 11.2. The van der Waals surface area contributed by atoms with E-state index in [1.165, 1.54) is 10.7 Å². The number of nitrogens with zero attached hydrogens (tertiary/aromatic N) is 6. The lowest BCUT2D eigenvalue weighted by molar-refractivity contribution is -0.144. The lowest BCUT2D eigenvalue weighted by Gasteiger charge is -2.32. The number of nitrogens with two attached hydrogens (primary N) is 1. The molecule has 3 fully saturated rings. The van der Waals surface area contributed by atoms with Gasteiger partial charge in [0, 0.05) is 31.6 Å². The van der Waals surface area contributed by atoms with E-state index in [9.17, 15) is 40.3 Å². The van der Waals surface area contributed by atoms with Crippen molar-refractivity contribution in [3.05, 3.63) is 41.1 Å². The fraction of sp³-hybridized carbons (Fsp3) is 0.643. The number of carbonyl (C=O) groups is 2. The molecule has 3 aliphatic carbocycles. The van der Waals surface area contributed by atoms with Gasteiger partial charge in [0.2, 0.25) is 11.8 Å². The number of nitrogens with one attached hydrogen (secondary N) is 1. The average molecular weight is 645 g/mol. The first-order chi connectivity index (χ1) is 21.1. The van der Waals surface area contributed by atoms with Crippen molar-refractivity contribution < 1.29 is 40.3 Å². The number of amides is 2. The van der Waals surface area contributed by atoms with Gasteiger partial charge in [-0.05, 0) is 49.1 Å². The first kappa shape index (κ1) is 31.2. The minimum absolute atomic E-state index is 0.0159. The maximum Gasteiger partial charge on any atom is 0.389 e. The molecule has 45 heavy (non-hydrogen) atoms. The van der Waals surface area contributed by atoms with E-state index in [1.807, 2.05) is 0 Å². The van der Waals surface area contributed by atoms with E-state index in [0.29, 0.717) is 16.9 Å². The van der Waals surface area contributed by atoms with Crippen molar-refractivity contribution in [3.63, 3.8) is 0 Å². The van der Waals surface area contributed by atoms with E-state index in [4.69, 9.17) is 5.73 Å². The Hall–Kier alpha value is -3.79. The number of hydrogen-bond acceptors (Lipinski definition) is 6. The van der Waals surface area contributed by atoms with Crippen LogP contribution >= 0.6 is 0 Å². The van der Waals surface area contributed by atoms with Crippen molar-refractivity contribution in [1.29, 1.82) is 0 Å². The van der Waals surface area contributed by atoms with Crippen LogP contribution < -0.4 is 11.1 Å². The summed E-state index contributed by atoms with van der Waals surface area (Å²) < 4.78 is 96.0. The minimum atomic E-state index is -4.47. The molecule has 3 atom stereocenters. The minimum Gasteiger partial charge on any atom is -0.364 e. The van der Waals surface area contributed by atoms with Crippen LogP contribution in [0.5, 0.6) is 0 Å². The van der Waals surface area contributed by atoms with Gasteiger partial charge in [0.25, 0.3) is 11.8 Å².